The van der Waals surface area contributed by atoms with Gasteiger partial charge in [0.25, 0.3) is 0 Å². The Bertz CT molecular complexity index is 559. The molecule has 0 fully saturated rings. The Labute approximate surface area is 101 Å². The van der Waals surface area contributed by atoms with Crippen LogP contribution in [0.1, 0.15) is 18.9 Å². The van der Waals surface area contributed by atoms with Crippen LogP contribution in [0.25, 0.3) is 10.7 Å². The number of hydrogen-bond acceptors (Lipinski definition) is 6. The maximum Gasteiger partial charge on any atom is 0.331 e. The minimum absolute atomic E-state index is 0.419. The Morgan fingerprint density at radius 2 is 2.24 bits per heavy atom. The summed E-state index contributed by atoms with van der Waals surface area (Å²) in [5, 5.41) is 21.2. The van der Waals surface area contributed by atoms with Crippen LogP contribution in [-0.2, 0) is 10.3 Å². The van der Waals surface area contributed by atoms with Crippen molar-refractivity contribution in [2.24, 2.45) is 0 Å². The quantitative estimate of drug-likeness (QED) is 0.874. The molecule has 17 heavy (non-hydrogen) atoms. The fourth-order valence-corrected chi connectivity index (χ4v) is 2.02. The number of aliphatic carboxylic acids is 1. The fourth-order valence-electron chi connectivity index (χ4n) is 1.27. The third-order valence-electron chi connectivity index (χ3n) is 2.36. The Balaban J connectivity index is 2.52. The molecule has 0 unspecified atom stereocenters. The molecule has 2 rings (SSSR count). The lowest BCUT2D eigenvalue weighted by Gasteiger charge is -2.19. The van der Waals surface area contributed by atoms with Crippen molar-refractivity contribution >= 4 is 17.3 Å². The maximum absolute atomic E-state index is 11.2. The van der Waals surface area contributed by atoms with E-state index >= 15 is 0 Å². The van der Waals surface area contributed by atoms with Gasteiger partial charge in [-0.1, -0.05) is 0 Å². The topological polar surface area (TPSA) is 93.8 Å². The zero-order valence-corrected chi connectivity index (χ0v) is 10.4. The van der Waals surface area contributed by atoms with Crippen molar-refractivity contribution in [2.45, 2.75) is 26.3 Å². The first kappa shape index (κ1) is 11.6. The van der Waals surface area contributed by atoms with E-state index in [0.29, 0.717) is 5.82 Å². The SMILES string of the molecule is Cc1ncc(-c2nnnn2C(C)(C)C(=O)O)s1. The van der Waals surface area contributed by atoms with Crippen molar-refractivity contribution in [2.75, 3.05) is 0 Å². The number of carboxylic acid groups (broad SMARTS) is 1. The van der Waals surface area contributed by atoms with Gasteiger partial charge in [0, 0.05) is 6.20 Å². The second-order valence-corrected chi connectivity index (χ2v) is 5.26. The van der Waals surface area contributed by atoms with Crippen LogP contribution in [0, 0.1) is 6.92 Å². The van der Waals surface area contributed by atoms with E-state index in [-0.39, 0.29) is 0 Å². The Kier molecular flexibility index (Phi) is 2.66. The second-order valence-electron chi connectivity index (χ2n) is 4.02. The summed E-state index contributed by atoms with van der Waals surface area (Å²) in [5.41, 5.74) is -1.20. The standard InChI is InChI=1S/C9H11N5O2S/c1-5-10-4-6(17-5)7-11-12-13-14(7)9(2,3)8(15)16/h4H,1-3H3,(H,15,16). The lowest BCUT2D eigenvalue weighted by atomic mass is 10.1. The monoisotopic (exact) mass is 253 g/mol. The molecule has 0 bridgehead atoms. The molecule has 8 heteroatoms. The molecule has 0 saturated carbocycles. The van der Waals surface area contributed by atoms with Crippen molar-refractivity contribution in [1.29, 1.82) is 0 Å². The third-order valence-corrected chi connectivity index (χ3v) is 3.27. The third kappa shape index (κ3) is 1.91. The van der Waals surface area contributed by atoms with Gasteiger partial charge in [-0.3, -0.25) is 0 Å². The van der Waals surface area contributed by atoms with Crippen LogP contribution in [0.2, 0.25) is 0 Å². The first-order valence-electron chi connectivity index (χ1n) is 4.88. The van der Waals surface area contributed by atoms with Crippen molar-refractivity contribution in [3.8, 4) is 10.7 Å². The van der Waals surface area contributed by atoms with Gasteiger partial charge in [-0.2, -0.15) is 0 Å². The zero-order chi connectivity index (χ0) is 12.6. The van der Waals surface area contributed by atoms with E-state index in [4.69, 9.17) is 5.11 Å². The van der Waals surface area contributed by atoms with E-state index in [9.17, 15) is 4.79 Å². The van der Waals surface area contributed by atoms with E-state index in [1.165, 1.54) is 16.0 Å². The summed E-state index contributed by atoms with van der Waals surface area (Å²) >= 11 is 1.42. The predicted octanol–water partition coefficient (Wildman–Crippen LogP) is 0.925. The molecule has 2 aromatic rings. The fraction of sp³-hybridized carbons (Fsp3) is 0.444. The highest BCUT2D eigenvalue weighted by Crippen LogP contribution is 2.27. The van der Waals surface area contributed by atoms with E-state index < -0.39 is 11.5 Å². The summed E-state index contributed by atoms with van der Waals surface area (Å²) in [7, 11) is 0. The largest absolute Gasteiger partial charge is 0.479 e. The van der Waals surface area contributed by atoms with Gasteiger partial charge < -0.3 is 5.11 Å². The van der Waals surface area contributed by atoms with E-state index in [1.54, 1.807) is 20.0 Å². The molecule has 7 nitrogen and oxygen atoms in total. The number of carboxylic acids is 1. The van der Waals surface area contributed by atoms with Crippen LogP contribution in [0.4, 0.5) is 0 Å². The molecule has 0 aromatic carbocycles. The number of aromatic nitrogens is 5. The Morgan fingerprint density at radius 3 is 2.76 bits per heavy atom. The molecule has 0 aliphatic carbocycles. The van der Waals surface area contributed by atoms with Crippen LogP contribution < -0.4 is 0 Å². The maximum atomic E-state index is 11.2. The van der Waals surface area contributed by atoms with Crippen LogP contribution in [-0.4, -0.2) is 36.3 Å². The number of aryl methyl sites for hydroxylation is 1. The van der Waals surface area contributed by atoms with Crippen molar-refractivity contribution in [3.63, 3.8) is 0 Å². The number of tetrazole rings is 1. The molecular formula is C9H11N5O2S. The highest BCUT2D eigenvalue weighted by molar-refractivity contribution is 7.14. The average molecular weight is 253 g/mol. The lowest BCUT2D eigenvalue weighted by Crippen LogP contribution is -2.37. The molecule has 0 aliphatic rings. The van der Waals surface area contributed by atoms with Crippen LogP contribution >= 0.6 is 11.3 Å². The van der Waals surface area contributed by atoms with Gasteiger partial charge in [-0.25, -0.2) is 14.5 Å². The molecule has 2 aromatic heterocycles. The van der Waals surface area contributed by atoms with E-state index in [2.05, 4.69) is 20.5 Å². The van der Waals surface area contributed by atoms with Crippen LogP contribution in [0.3, 0.4) is 0 Å². The lowest BCUT2D eigenvalue weighted by molar-refractivity contribution is -0.146. The van der Waals surface area contributed by atoms with Crippen molar-refractivity contribution in [1.82, 2.24) is 25.2 Å². The molecule has 90 valence electrons. The summed E-state index contributed by atoms with van der Waals surface area (Å²) in [5.74, 6) is -0.574. The summed E-state index contributed by atoms with van der Waals surface area (Å²) in [6.45, 7) is 4.96. The zero-order valence-electron chi connectivity index (χ0n) is 9.58. The van der Waals surface area contributed by atoms with Gasteiger partial charge in [0.1, 0.15) is 0 Å². The van der Waals surface area contributed by atoms with Gasteiger partial charge in [0.15, 0.2) is 11.4 Å². The molecule has 0 atom stereocenters. The van der Waals surface area contributed by atoms with Gasteiger partial charge in [0.05, 0.1) is 9.88 Å². The molecule has 0 aliphatic heterocycles. The molecule has 0 spiro atoms. The average Bonchev–Trinajstić information content (AvgIpc) is 2.84. The highest BCUT2D eigenvalue weighted by atomic mass is 32.1. The summed E-state index contributed by atoms with van der Waals surface area (Å²) in [4.78, 5) is 16.0. The van der Waals surface area contributed by atoms with E-state index in [0.717, 1.165) is 9.88 Å². The van der Waals surface area contributed by atoms with Gasteiger partial charge in [0.2, 0.25) is 0 Å². The Hall–Kier alpha value is -1.83. The summed E-state index contributed by atoms with van der Waals surface area (Å²) in [6, 6.07) is 0. The predicted molar refractivity (Wildman–Crippen MR) is 60.6 cm³/mol. The smallest absolute Gasteiger partial charge is 0.331 e. The molecule has 0 amide bonds. The summed E-state index contributed by atoms with van der Waals surface area (Å²) < 4.78 is 1.29. The molecular weight excluding hydrogens is 242 g/mol. The molecule has 2 heterocycles. The van der Waals surface area contributed by atoms with Crippen LogP contribution in [0.5, 0.6) is 0 Å². The Morgan fingerprint density at radius 1 is 1.53 bits per heavy atom. The van der Waals surface area contributed by atoms with Crippen LogP contribution in [0.15, 0.2) is 6.20 Å². The minimum atomic E-state index is -1.20. The first-order chi connectivity index (χ1) is 7.93. The van der Waals surface area contributed by atoms with Gasteiger partial charge >= 0.3 is 5.97 Å². The number of nitrogens with zero attached hydrogens (tertiary/aromatic N) is 5. The van der Waals surface area contributed by atoms with Crippen molar-refractivity contribution in [3.05, 3.63) is 11.2 Å². The normalized spacial score (nSPS) is 11.7. The molecule has 0 saturated heterocycles. The highest BCUT2D eigenvalue weighted by Gasteiger charge is 2.34. The van der Waals surface area contributed by atoms with Gasteiger partial charge in [-0.05, 0) is 31.2 Å². The summed E-state index contributed by atoms with van der Waals surface area (Å²) in [6.07, 6.45) is 1.64. The number of thiazole rings is 1. The minimum Gasteiger partial charge on any atom is -0.479 e. The van der Waals surface area contributed by atoms with E-state index in [1.807, 2.05) is 6.92 Å². The molecule has 1 N–H and O–H groups in total. The second kappa shape index (κ2) is 3.88. The molecule has 0 radical (unpaired) electrons. The first-order valence-corrected chi connectivity index (χ1v) is 5.69. The number of hydrogen-bond donors (Lipinski definition) is 1. The number of rotatable bonds is 3. The number of carbonyl (C=O) groups is 1. The van der Waals surface area contributed by atoms with Crippen molar-refractivity contribution < 1.29 is 9.90 Å². The van der Waals surface area contributed by atoms with Gasteiger partial charge in [-0.15, -0.1) is 16.4 Å².